The number of amides is 1. The Balaban J connectivity index is 1.83. The summed E-state index contributed by atoms with van der Waals surface area (Å²) in [6, 6.07) is 7.59. The molecule has 0 radical (unpaired) electrons. The highest BCUT2D eigenvalue weighted by Crippen LogP contribution is 2.29. The van der Waals surface area contributed by atoms with E-state index in [-0.39, 0.29) is 11.9 Å². The Morgan fingerprint density at radius 3 is 2.64 bits per heavy atom. The number of hydrogen-bond acceptors (Lipinski definition) is 4. The summed E-state index contributed by atoms with van der Waals surface area (Å²) in [5.41, 5.74) is 2.94. The van der Waals surface area contributed by atoms with Gasteiger partial charge in [-0.3, -0.25) is 9.78 Å². The predicted molar refractivity (Wildman–Crippen MR) is 83.6 cm³/mol. The van der Waals surface area contributed by atoms with Crippen molar-refractivity contribution in [3.8, 4) is 0 Å². The van der Waals surface area contributed by atoms with Gasteiger partial charge in [0, 0.05) is 17.1 Å². The van der Waals surface area contributed by atoms with Gasteiger partial charge in [-0.1, -0.05) is 18.2 Å². The Hall–Kier alpha value is -2.69. The number of carbonyl (C=O) groups excluding carboxylic acids is 1. The van der Waals surface area contributed by atoms with Gasteiger partial charge in [0.15, 0.2) is 0 Å². The van der Waals surface area contributed by atoms with Crippen LogP contribution >= 0.6 is 0 Å². The third-order valence-electron chi connectivity index (χ3n) is 3.64. The highest BCUT2D eigenvalue weighted by atomic mass is 16.3. The van der Waals surface area contributed by atoms with Gasteiger partial charge in [0.2, 0.25) is 0 Å². The quantitative estimate of drug-likeness (QED) is 0.804. The van der Waals surface area contributed by atoms with Gasteiger partial charge in [0.05, 0.1) is 17.9 Å². The number of furan rings is 1. The van der Waals surface area contributed by atoms with E-state index in [2.05, 4.69) is 15.3 Å². The zero-order chi connectivity index (χ0) is 15.7. The van der Waals surface area contributed by atoms with Crippen LogP contribution in [-0.2, 0) is 0 Å². The van der Waals surface area contributed by atoms with Gasteiger partial charge >= 0.3 is 0 Å². The molecule has 22 heavy (non-hydrogen) atoms. The summed E-state index contributed by atoms with van der Waals surface area (Å²) in [7, 11) is 0. The van der Waals surface area contributed by atoms with E-state index in [0.717, 1.165) is 28.0 Å². The maximum atomic E-state index is 12.2. The first kappa shape index (κ1) is 14.3. The highest BCUT2D eigenvalue weighted by molar-refractivity contribution is 5.92. The predicted octanol–water partition coefficient (Wildman–Crippen LogP) is 3.33. The summed E-state index contributed by atoms with van der Waals surface area (Å²) in [6.45, 7) is 5.72. The zero-order valence-corrected chi connectivity index (χ0v) is 12.8. The topological polar surface area (TPSA) is 68.0 Å². The molecule has 0 saturated heterocycles. The zero-order valence-electron chi connectivity index (χ0n) is 12.8. The lowest BCUT2D eigenvalue weighted by atomic mass is 10.1. The first-order valence-electron chi connectivity index (χ1n) is 7.14. The van der Waals surface area contributed by atoms with E-state index < -0.39 is 0 Å². The second-order valence-electron chi connectivity index (χ2n) is 5.33. The molecule has 0 saturated carbocycles. The molecule has 5 heteroatoms. The summed E-state index contributed by atoms with van der Waals surface area (Å²) >= 11 is 0. The molecule has 0 fully saturated rings. The molecule has 3 aromatic rings. The lowest BCUT2D eigenvalue weighted by molar-refractivity contribution is 0.0930. The first-order chi connectivity index (χ1) is 10.6. The van der Waals surface area contributed by atoms with Crippen molar-refractivity contribution in [2.75, 3.05) is 0 Å². The van der Waals surface area contributed by atoms with Crippen LogP contribution < -0.4 is 5.32 Å². The second kappa shape index (κ2) is 5.60. The van der Waals surface area contributed by atoms with Crippen LogP contribution in [0.2, 0.25) is 0 Å². The Morgan fingerprint density at radius 1 is 1.18 bits per heavy atom. The smallest absolute Gasteiger partial charge is 0.272 e. The minimum atomic E-state index is -0.264. The lowest BCUT2D eigenvalue weighted by Gasteiger charge is -2.12. The van der Waals surface area contributed by atoms with Crippen LogP contribution in [0.5, 0.6) is 0 Å². The molecule has 2 aromatic heterocycles. The average molecular weight is 295 g/mol. The minimum absolute atomic E-state index is 0.247. The fourth-order valence-corrected chi connectivity index (χ4v) is 2.45. The van der Waals surface area contributed by atoms with Crippen LogP contribution in [-0.4, -0.2) is 15.9 Å². The molecule has 112 valence electrons. The van der Waals surface area contributed by atoms with Crippen molar-refractivity contribution in [1.29, 1.82) is 0 Å². The summed E-state index contributed by atoms with van der Waals surface area (Å²) in [6.07, 6.45) is 3.05. The summed E-state index contributed by atoms with van der Waals surface area (Å²) in [4.78, 5) is 20.4. The molecule has 1 amide bonds. The molecule has 0 aliphatic carbocycles. The lowest BCUT2D eigenvalue weighted by Crippen LogP contribution is -2.27. The van der Waals surface area contributed by atoms with Crippen LogP contribution in [0.15, 0.2) is 41.1 Å². The maximum absolute atomic E-state index is 12.2. The normalized spacial score (nSPS) is 12.3. The number of fused-ring (bicyclic) bond motifs is 1. The van der Waals surface area contributed by atoms with Gasteiger partial charge < -0.3 is 9.73 Å². The van der Waals surface area contributed by atoms with Crippen molar-refractivity contribution in [2.24, 2.45) is 0 Å². The number of nitrogens with zero attached hydrogens (tertiary/aromatic N) is 2. The van der Waals surface area contributed by atoms with Crippen molar-refractivity contribution in [1.82, 2.24) is 15.3 Å². The SMILES string of the molecule is Cc1cnc(C(=O)N[C@H](C)c2oc3ccccc3c2C)cn1. The Labute approximate surface area is 128 Å². The standard InChI is InChI=1S/C17H17N3O2/c1-10-8-19-14(9-18-10)17(21)20-12(3)16-11(2)13-6-4-5-7-15(13)22-16/h4-9,12H,1-3H3,(H,20,21)/t12-/m1/s1. The molecule has 0 spiro atoms. The largest absolute Gasteiger partial charge is 0.459 e. The van der Waals surface area contributed by atoms with E-state index in [1.54, 1.807) is 6.20 Å². The number of hydrogen-bond donors (Lipinski definition) is 1. The van der Waals surface area contributed by atoms with Crippen molar-refractivity contribution >= 4 is 16.9 Å². The van der Waals surface area contributed by atoms with Gasteiger partial charge in [-0.25, -0.2) is 4.98 Å². The van der Waals surface area contributed by atoms with Crippen molar-refractivity contribution in [3.63, 3.8) is 0 Å². The number of benzene rings is 1. The van der Waals surface area contributed by atoms with Gasteiger partial charge in [0.25, 0.3) is 5.91 Å². The molecule has 0 aliphatic heterocycles. The molecule has 0 unspecified atom stereocenters. The summed E-state index contributed by atoms with van der Waals surface area (Å²) in [5, 5.41) is 3.96. The number of para-hydroxylation sites is 1. The Morgan fingerprint density at radius 2 is 1.95 bits per heavy atom. The van der Waals surface area contributed by atoms with Crippen LogP contribution in [0.3, 0.4) is 0 Å². The van der Waals surface area contributed by atoms with E-state index in [1.807, 2.05) is 45.0 Å². The number of aromatic nitrogens is 2. The molecule has 1 N–H and O–H groups in total. The number of rotatable bonds is 3. The monoisotopic (exact) mass is 295 g/mol. The number of aryl methyl sites for hydroxylation is 2. The van der Waals surface area contributed by atoms with Gasteiger partial charge in [-0.2, -0.15) is 0 Å². The van der Waals surface area contributed by atoms with Gasteiger partial charge in [0.1, 0.15) is 17.0 Å². The van der Waals surface area contributed by atoms with E-state index in [4.69, 9.17) is 4.42 Å². The second-order valence-corrected chi connectivity index (χ2v) is 5.33. The maximum Gasteiger partial charge on any atom is 0.272 e. The highest BCUT2D eigenvalue weighted by Gasteiger charge is 2.19. The van der Waals surface area contributed by atoms with Crippen molar-refractivity contribution in [3.05, 3.63) is 59.4 Å². The van der Waals surface area contributed by atoms with Crippen LogP contribution in [0.25, 0.3) is 11.0 Å². The molecule has 1 aromatic carbocycles. The third kappa shape index (κ3) is 2.57. The summed E-state index contributed by atoms with van der Waals surface area (Å²) < 4.78 is 5.87. The van der Waals surface area contributed by atoms with Crippen LogP contribution in [0.4, 0.5) is 0 Å². The molecule has 3 rings (SSSR count). The fraction of sp³-hybridized carbons (Fsp3) is 0.235. The van der Waals surface area contributed by atoms with Gasteiger partial charge in [-0.15, -0.1) is 0 Å². The summed E-state index contributed by atoms with van der Waals surface area (Å²) in [5.74, 6) is 0.495. The third-order valence-corrected chi connectivity index (χ3v) is 3.64. The number of nitrogens with one attached hydrogen (secondary N) is 1. The van der Waals surface area contributed by atoms with Crippen molar-refractivity contribution in [2.45, 2.75) is 26.8 Å². The molecule has 5 nitrogen and oxygen atoms in total. The molecule has 0 bridgehead atoms. The Bertz CT molecular complexity index is 822. The molecule has 1 atom stereocenters. The molecule has 0 aliphatic rings. The minimum Gasteiger partial charge on any atom is -0.459 e. The first-order valence-corrected chi connectivity index (χ1v) is 7.14. The van der Waals surface area contributed by atoms with Crippen LogP contribution in [0, 0.1) is 13.8 Å². The fourth-order valence-electron chi connectivity index (χ4n) is 2.45. The average Bonchev–Trinajstić information content (AvgIpc) is 2.85. The van der Waals surface area contributed by atoms with E-state index in [1.165, 1.54) is 6.20 Å². The van der Waals surface area contributed by atoms with Crippen molar-refractivity contribution < 1.29 is 9.21 Å². The molecular weight excluding hydrogens is 278 g/mol. The van der Waals surface area contributed by atoms with E-state index in [9.17, 15) is 4.79 Å². The number of carbonyl (C=O) groups is 1. The van der Waals surface area contributed by atoms with Crippen LogP contribution in [0.1, 0.15) is 40.5 Å². The van der Waals surface area contributed by atoms with E-state index >= 15 is 0 Å². The Kier molecular flexibility index (Phi) is 3.63. The molecular formula is C17H17N3O2. The molecule has 2 heterocycles. The van der Waals surface area contributed by atoms with E-state index in [0.29, 0.717) is 5.69 Å². The van der Waals surface area contributed by atoms with Gasteiger partial charge in [-0.05, 0) is 26.8 Å².